The molecular formula is C11H22N6. The summed E-state index contributed by atoms with van der Waals surface area (Å²) in [6.07, 6.45) is 1.14. The van der Waals surface area contributed by atoms with Crippen molar-refractivity contribution in [3.05, 3.63) is 6.07 Å². The minimum atomic E-state index is 0.197. The van der Waals surface area contributed by atoms with Gasteiger partial charge in [0.1, 0.15) is 11.6 Å². The molecule has 1 atom stereocenters. The summed E-state index contributed by atoms with van der Waals surface area (Å²) in [5, 5.41) is 3.18. The summed E-state index contributed by atoms with van der Waals surface area (Å²) >= 11 is 0. The van der Waals surface area contributed by atoms with Crippen LogP contribution in [-0.2, 0) is 0 Å². The van der Waals surface area contributed by atoms with Gasteiger partial charge in [0.05, 0.1) is 0 Å². The molecule has 1 aromatic rings. The molecule has 1 rings (SSSR count). The summed E-state index contributed by atoms with van der Waals surface area (Å²) in [7, 11) is 2.11. The van der Waals surface area contributed by atoms with Crippen LogP contribution in [0.25, 0.3) is 0 Å². The second kappa shape index (κ2) is 6.24. The van der Waals surface area contributed by atoms with Gasteiger partial charge in [0.25, 0.3) is 0 Å². The van der Waals surface area contributed by atoms with Crippen LogP contribution in [0, 0.1) is 0 Å². The number of nitrogens with two attached hydrogens (primary N) is 2. The van der Waals surface area contributed by atoms with E-state index in [1.165, 1.54) is 0 Å². The van der Waals surface area contributed by atoms with Gasteiger partial charge in [-0.15, -0.1) is 0 Å². The molecule has 0 aromatic carbocycles. The maximum atomic E-state index is 5.58. The summed E-state index contributed by atoms with van der Waals surface area (Å²) < 4.78 is 0. The third-order valence-corrected chi connectivity index (χ3v) is 2.88. The largest absolute Gasteiger partial charge is 0.383 e. The smallest absolute Gasteiger partial charge is 0.223 e. The molecule has 1 heterocycles. The molecule has 0 radical (unpaired) electrons. The molecule has 0 bridgehead atoms. The topological polar surface area (TPSA) is 93.1 Å². The van der Waals surface area contributed by atoms with Crippen LogP contribution in [0.5, 0.6) is 0 Å². The minimum Gasteiger partial charge on any atom is -0.383 e. The van der Waals surface area contributed by atoms with Gasteiger partial charge in [0.15, 0.2) is 0 Å². The zero-order valence-corrected chi connectivity index (χ0v) is 10.8. The number of nitrogens with zero attached hydrogens (tertiary/aromatic N) is 3. The molecule has 5 N–H and O–H groups in total. The lowest BCUT2D eigenvalue weighted by Gasteiger charge is -2.23. The molecule has 1 aromatic heterocycles. The first-order chi connectivity index (χ1) is 8.02. The van der Waals surface area contributed by atoms with Crippen LogP contribution in [-0.4, -0.2) is 41.0 Å². The van der Waals surface area contributed by atoms with Gasteiger partial charge in [-0.05, 0) is 20.4 Å². The summed E-state index contributed by atoms with van der Waals surface area (Å²) in [5.74, 6) is 1.26. The summed E-state index contributed by atoms with van der Waals surface area (Å²) in [5.41, 5.74) is 11.1. The highest BCUT2D eigenvalue weighted by Gasteiger charge is 2.06. The molecule has 1 unspecified atom stereocenters. The Morgan fingerprint density at radius 3 is 2.71 bits per heavy atom. The van der Waals surface area contributed by atoms with Crippen LogP contribution in [0.1, 0.15) is 20.3 Å². The number of rotatable bonds is 6. The average molecular weight is 238 g/mol. The number of anilines is 3. The van der Waals surface area contributed by atoms with E-state index < -0.39 is 0 Å². The van der Waals surface area contributed by atoms with Crippen LogP contribution in [0.3, 0.4) is 0 Å². The molecule has 6 nitrogen and oxygen atoms in total. The molecule has 0 saturated carbocycles. The molecule has 0 amide bonds. The molecular weight excluding hydrogens is 216 g/mol. The number of hydrogen-bond acceptors (Lipinski definition) is 6. The third kappa shape index (κ3) is 4.44. The maximum absolute atomic E-state index is 5.58. The van der Waals surface area contributed by atoms with E-state index in [1.54, 1.807) is 6.07 Å². The zero-order valence-electron chi connectivity index (χ0n) is 10.8. The van der Waals surface area contributed by atoms with Crippen molar-refractivity contribution in [3.63, 3.8) is 0 Å². The van der Waals surface area contributed by atoms with Gasteiger partial charge in [0.2, 0.25) is 5.95 Å². The first-order valence-corrected chi connectivity index (χ1v) is 5.87. The van der Waals surface area contributed by atoms with E-state index in [2.05, 4.69) is 41.1 Å². The van der Waals surface area contributed by atoms with Crippen molar-refractivity contribution in [2.24, 2.45) is 0 Å². The zero-order chi connectivity index (χ0) is 12.8. The van der Waals surface area contributed by atoms with Crippen molar-refractivity contribution in [2.45, 2.75) is 26.3 Å². The van der Waals surface area contributed by atoms with E-state index in [0.29, 0.717) is 17.7 Å². The molecule has 0 aliphatic heterocycles. The summed E-state index contributed by atoms with van der Waals surface area (Å²) in [4.78, 5) is 10.2. The quantitative estimate of drug-likeness (QED) is 0.678. The summed E-state index contributed by atoms with van der Waals surface area (Å²) in [6, 6.07) is 2.26. The van der Waals surface area contributed by atoms with Gasteiger partial charge >= 0.3 is 0 Å². The fraction of sp³-hybridized carbons (Fsp3) is 0.636. The van der Waals surface area contributed by atoms with Crippen molar-refractivity contribution in [2.75, 3.05) is 36.9 Å². The normalized spacial score (nSPS) is 12.7. The van der Waals surface area contributed by atoms with Crippen LogP contribution in [0.4, 0.5) is 17.6 Å². The van der Waals surface area contributed by atoms with Crippen molar-refractivity contribution in [1.29, 1.82) is 0 Å². The van der Waals surface area contributed by atoms with E-state index in [-0.39, 0.29) is 5.95 Å². The highest BCUT2D eigenvalue weighted by molar-refractivity contribution is 5.48. The van der Waals surface area contributed by atoms with Crippen LogP contribution in [0.2, 0.25) is 0 Å². The van der Waals surface area contributed by atoms with Crippen molar-refractivity contribution >= 4 is 17.6 Å². The molecule has 17 heavy (non-hydrogen) atoms. The van der Waals surface area contributed by atoms with E-state index >= 15 is 0 Å². The molecule has 0 saturated heterocycles. The Hall–Kier alpha value is -1.56. The Labute approximate surface area is 102 Å². The van der Waals surface area contributed by atoms with Crippen molar-refractivity contribution in [1.82, 2.24) is 14.9 Å². The van der Waals surface area contributed by atoms with E-state index in [9.17, 15) is 0 Å². The highest BCUT2D eigenvalue weighted by atomic mass is 15.2. The lowest BCUT2D eigenvalue weighted by Crippen LogP contribution is -2.32. The molecule has 96 valence electrons. The monoisotopic (exact) mass is 238 g/mol. The van der Waals surface area contributed by atoms with Gasteiger partial charge in [-0.2, -0.15) is 9.97 Å². The van der Waals surface area contributed by atoms with E-state index in [4.69, 9.17) is 11.5 Å². The van der Waals surface area contributed by atoms with Crippen LogP contribution in [0.15, 0.2) is 6.07 Å². The maximum Gasteiger partial charge on any atom is 0.223 e. The Balaban J connectivity index is 2.40. The van der Waals surface area contributed by atoms with E-state index in [1.807, 2.05) is 0 Å². The lowest BCUT2D eigenvalue weighted by molar-refractivity contribution is 0.261. The summed E-state index contributed by atoms with van der Waals surface area (Å²) in [6.45, 7) is 6.14. The first-order valence-electron chi connectivity index (χ1n) is 5.87. The molecule has 6 heteroatoms. The van der Waals surface area contributed by atoms with Crippen LogP contribution >= 0.6 is 0 Å². The SMILES string of the molecule is CCC(C)N(C)CCNc1cc(N)nc(N)n1. The molecule has 0 spiro atoms. The van der Waals surface area contributed by atoms with Gasteiger partial charge < -0.3 is 21.7 Å². The van der Waals surface area contributed by atoms with Gasteiger partial charge in [-0.3, -0.25) is 0 Å². The molecule has 0 fully saturated rings. The minimum absolute atomic E-state index is 0.197. The number of aromatic nitrogens is 2. The van der Waals surface area contributed by atoms with Gasteiger partial charge in [-0.25, -0.2) is 0 Å². The van der Waals surface area contributed by atoms with Gasteiger partial charge in [-0.1, -0.05) is 6.92 Å². The van der Waals surface area contributed by atoms with E-state index in [0.717, 1.165) is 19.5 Å². The number of likely N-dealkylation sites (N-methyl/N-ethyl adjacent to an activating group) is 1. The Morgan fingerprint density at radius 1 is 1.41 bits per heavy atom. The molecule has 0 aliphatic carbocycles. The Kier molecular flexibility index (Phi) is 4.96. The standard InChI is InChI=1S/C11H22N6/c1-4-8(2)17(3)6-5-14-10-7-9(12)15-11(13)16-10/h7-8H,4-6H2,1-3H3,(H5,12,13,14,15,16). The van der Waals surface area contributed by atoms with Crippen molar-refractivity contribution < 1.29 is 0 Å². The van der Waals surface area contributed by atoms with Crippen LogP contribution < -0.4 is 16.8 Å². The van der Waals surface area contributed by atoms with Crippen molar-refractivity contribution in [3.8, 4) is 0 Å². The van der Waals surface area contributed by atoms with Gasteiger partial charge in [0, 0.05) is 25.2 Å². The fourth-order valence-electron chi connectivity index (χ4n) is 1.47. The highest BCUT2D eigenvalue weighted by Crippen LogP contribution is 2.08. The predicted molar refractivity (Wildman–Crippen MR) is 71.7 cm³/mol. The number of hydrogen-bond donors (Lipinski definition) is 3. The third-order valence-electron chi connectivity index (χ3n) is 2.88. The second-order valence-corrected chi connectivity index (χ2v) is 4.20. The average Bonchev–Trinajstić information content (AvgIpc) is 2.26. The Bertz CT molecular complexity index is 334. The number of nitrogens with one attached hydrogen (secondary N) is 1. The fourth-order valence-corrected chi connectivity index (χ4v) is 1.47. The Morgan fingerprint density at radius 2 is 2.12 bits per heavy atom. The lowest BCUT2D eigenvalue weighted by atomic mass is 10.2. The number of nitrogen functional groups attached to an aromatic ring is 2. The first kappa shape index (κ1) is 13.5. The second-order valence-electron chi connectivity index (χ2n) is 4.20. The predicted octanol–water partition coefficient (Wildman–Crippen LogP) is 0.783. The molecule has 0 aliphatic rings.